The number of aromatic nitrogens is 1. The monoisotopic (exact) mass is 192 g/mol. The smallest absolute Gasteiger partial charge is 0.411 e. The van der Waals surface area contributed by atoms with E-state index in [1.165, 1.54) is 13.4 Å². The highest BCUT2D eigenvalue weighted by Crippen LogP contribution is 2.20. The highest BCUT2D eigenvalue weighted by atomic mass is 16.4. The second-order valence-electron chi connectivity index (χ2n) is 2.85. The van der Waals surface area contributed by atoms with Crippen LogP contribution in [0, 0.1) is 0 Å². The molecule has 2 aromatic rings. The minimum atomic E-state index is -1.01. The third kappa shape index (κ3) is 1.28. The van der Waals surface area contributed by atoms with E-state index in [9.17, 15) is 4.79 Å². The molecular weight excluding hydrogens is 184 g/mol. The Morgan fingerprint density at radius 1 is 1.57 bits per heavy atom. The third-order valence-electron chi connectivity index (χ3n) is 1.99. The Kier molecular flexibility index (Phi) is 1.85. The van der Waals surface area contributed by atoms with Crippen LogP contribution < -0.4 is 4.90 Å². The molecule has 0 bridgehead atoms. The molecule has 0 radical (unpaired) electrons. The lowest BCUT2D eigenvalue weighted by atomic mass is 10.3. The number of oxazole rings is 1. The molecule has 72 valence electrons. The summed E-state index contributed by atoms with van der Waals surface area (Å²) in [6.45, 7) is 0. The van der Waals surface area contributed by atoms with Gasteiger partial charge >= 0.3 is 6.09 Å². The zero-order valence-corrected chi connectivity index (χ0v) is 7.47. The van der Waals surface area contributed by atoms with Gasteiger partial charge in [0.25, 0.3) is 0 Å². The average Bonchev–Trinajstić information content (AvgIpc) is 2.62. The summed E-state index contributed by atoms with van der Waals surface area (Å²) in [5.74, 6) is 0. The van der Waals surface area contributed by atoms with Crippen LogP contribution in [0.5, 0.6) is 0 Å². The minimum Gasteiger partial charge on any atom is -0.465 e. The van der Waals surface area contributed by atoms with Crippen LogP contribution in [-0.4, -0.2) is 23.2 Å². The normalized spacial score (nSPS) is 10.4. The van der Waals surface area contributed by atoms with E-state index in [-0.39, 0.29) is 0 Å². The predicted molar refractivity (Wildman–Crippen MR) is 50.4 cm³/mol. The van der Waals surface area contributed by atoms with E-state index in [0.29, 0.717) is 16.8 Å². The molecule has 1 aromatic heterocycles. The summed E-state index contributed by atoms with van der Waals surface area (Å²) in [7, 11) is 1.47. The summed E-state index contributed by atoms with van der Waals surface area (Å²) in [6, 6.07) is 5.03. The molecule has 0 saturated heterocycles. The van der Waals surface area contributed by atoms with Gasteiger partial charge in [-0.25, -0.2) is 9.78 Å². The van der Waals surface area contributed by atoms with Crippen LogP contribution in [0.3, 0.4) is 0 Å². The summed E-state index contributed by atoms with van der Waals surface area (Å²) in [5.41, 5.74) is 1.85. The number of carboxylic acid groups (broad SMARTS) is 1. The van der Waals surface area contributed by atoms with Gasteiger partial charge in [0, 0.05) is 13.1 Å². The Hall–Kier alpha value is -2.04. The first kappa shape index (κ1) is 8.55. The fraction of sp³-hybridized carbons (Fsp3) is 0.111. The van der Waals surface area contributed by atoms with E-state index >= 15 is 0 Å². The molecule has 0 aliphatic rings. The topological polar surface area (TPSA) is 66.6 Å². The SMILES string of the molecule is CN(C(=O)O)c1ccc2ncoc2c1. The molecule has 14 heavy (non-hydrogen) atoms. The second-order valence-corrected chi connectivity index (χ2v) is 2.85. The molecule has 2 rings (SSSR count). The van der Waals surface area contributed by atoms with E-state index in [2.05, 4.69) is 4.98 Å². The van der Waals surface area contributed by atoms with Crippen molar-refractivity contribution in [2.24, 2.45) is 0 Å². The van der Waals surface area contributed by atoms with Crippen LogP contribution in [0.2, 0.25) is 0 Å². The first-order valence-corrected chi connectivity index (χ1v) is 3.98. The van der Waals surface area contributed by atoms with Gasteiger partial charge in [0.2, 0.25) is 0 Å². The van der Waals surface area contributed by atoms with E-state index in [0.717, 1.165) is 4.90 Å². The summed E-state index contributed by atoms with van der Waals surface area (Å²) in [4.78, 5) is 15.7. The Morgan fingerprint density at radius 3 is 3.07 bits per heavy atom. The van der Waals surface area contributed by atoms with Gasteiger partial charge in [-0.15, -0.1) is 0 Å². The van der Waals surface area contributed by atoms with Crippen LogP contribution >= 0.6 is 0 Å². The number of rotatable bonds is 1. The number of benzene rings is 1. The fourth-order valence-corrected chi connectivity index (χ4v) is 1.16. The maximum atomic E-state index is 10.7. The molecular formula is C9H8N2O3. The van der Waals surface area contributed by atoms with Gasteiger partial charge in [-0.2, -0.15) is 0 Å². The van der Waals surface area contributed by atoms with Gasteiger partial charge in [0.1, 0.15) is 5.52 Å². The molecule has 0 unspecified atom stereocenters. The van der Waals surface area contributed by atoms with Crippen LogP contribution in [0.15, 0.2) is 29.0 Å². The Morgan fingerprint density at radius 2 is 2.36 bits per heavy atom. The fourth-order valence-electron chi connectivity index (χ4n) is 1.16. The lowest BCUT2D eigenvalue weighted by Crippen LogP contribution is -2.23. The molecule has 5 nitrogen and oxygen atoms in total. The summed E-state index contributed by atoms with van der Waals surface area (Å²) in [5, 5.41) is 8.74. The Balaban J connectivity index is 2.48. The van der Waals surface area contributed by atoms with E-state index in [1.807, 2.05) is 0 Å². The molecule has 0 atom stereocenters. The molecule has 1 N–H and O–H groups in total. The highest BCUT2D eigenvalue weighted by molar-refractivity contribution is 5.88. The number of hydrogen-bond acceptors (Lipinski definition) is 3. The summed E-state index contributed by atoms with van der Waals surface area (Å²) in [6.07, 6.45) is 0.318. The molecule has 0 fully saturated rings. The Labute approximate surface area is 79.6 Å². The third-order valence-corrected chi connectivity index (χ3v) is 1.99. The minimum absolute atomic E-state index is 0.557. The molecule has 1 amide bonds. The van der Waals surface area contributed by atoms with Crippen molar-refractivity contribution in [3.63, 3.8) is 0 Å². The molecule has 0 aliphatic carbocycles. The van der Waals surface area contributed by atoms with Crippen molar-refractivity contribution in [2.75, 3.05) is 11.9 Å². The molecule has 0 aliphatic heterocycles. The number of carbonyl (C=O) groups is 1. The second kappa shape index (κ2) is 3.02. The van der Waals surface area contributed by atoms with Gasteiger partial charge in [-0.05, 0) is 12.1 Å². The molecule has 5 heteroatoms. The van der Waals surface area contributed by atoms with E-state index in [4.69, 9.17) is 9.52 Å². The molecule has 0 spiro atoms. The number of hydrogen-bond donors (Lipinski definition) is 1. The zero-order chi connectivity index (χ0) is 10.1. The maximum absolute atomic E-state index is 10.7. The first-order valence-electron chi connectivity index (χ1n) is 3.98. The maximum Gasteiger partial charge on any atom is 0.411 e. The lowest BCUT2D eigenvalue weighted by molar-refractivity contribution is 0.203. The van der Waals surface area contributed by atoms with Crippen molar-refractivity contribution in [3.8, 4) is 0 Å². The predicted octanol–water partition coefficient (Wildman–Crippen LogP) is 1.94. The van der Waals surface area contributed by atoms with Gasteiger partial charge in [0.05, 0.1) is 5.69 Å². The van der Waals surface area contributed by atoms with Crippen LogP contribution in [0.4, 0.5) is 10.5 Å². The first-order chi connectivity index (χ1) is 6.68. The summed E-state index contributed by atoms with van der Waals surface area (Å²) >= 11 is 0. The van der Waals surface area contributed by atoms with Gasteiger partial charge in [-0.1, -0.05) is 0 Å². The largest absolute Gasteiger partial charge is 0.465 e. The van der Waals surface area contributed by atoms with E-state index in [1.54, 1.807) is 18.2 Å². The highest BCUT2D eigenvalue weighted by Gasteiger charge is 2.09. The van der Waals surface area contributed by atoms with Crippen LogP contribution in [0.1, 0.15) is 0 Å². The molecule has 1 heterocycles. The number of fused-ring (bicyclic) bond motifs is 1. The van der Waals surface area contributed by atoms with Crippen LogP contribution in [-0.2, 0) is 0 Å². The number of amides is 1. The van der Waals surface area contributed by atoms with E-state index < -0.39 is 6.09 Å². The number of anilines is 1. The van der Waals surface area contributed by atoms with Gasteiger partial charge < -0.3 is 9.52 Å². The van der Waals surface area contributed by atoms with Gasteiger partial charge in [-0.3, -0.25) is 4.90 Å². The standard InChI is InChI=1S/C9H8N2O3/c1-11(9(12)13)6-2-3-7-8(4-6)14-5-10-7/h2-5H,1H3,(H,12,13). The van der Waals surface area contributed by atoms with Crippen molar-refractivity contribution in [1.82, 2.24) is 4.98 Å². The quantitative estimate of drug-likeness (QED) is 0.749. The average molecular weight is 192 g/mol. The van der Waals surface area contributed by atoms with Crippen molar-refractivity contribution in [2.45, 2.75) is 0 Å². The van der Waals surface area contributed by atoms with Crippen molar-refractivity contribution >= 4 is 22.9 Å². The van der Waals surface area contributed by atoms with Crippen molar-refractivity contribution < 1.29 is 14.3 Å². The van der Waals surface area contributed by atoms with Gasteiger partial charge in [0.15, 0.2) is 12.0 Å². The molecule has 1 aromatic carbocycles. The van der Waals surface area contributed by atoms with Crippen molar-refractivity contribution in [3.05, 3.63) is 24.6 Å². The number of nitrogens with zero attached hydrogens (tertiary/aromatic N) is 2. The molecule has 0 saturated carbocycles. The lowest BCUT2D eigenvalue weighted by Gasteiger charge is -2.11. The Bertz CT molecular complexity index is 478. The van der Waals surface area contributed by atoms with Crippen molar-refractivity contribution in [1.29, 1.82) is 0 Å². The zero-order valence-electron chi connectivity index (χ0n) is 7.47. The summed E-state index contributed by atoms with van der Waals surface area (Å²) < 4.78 is 5.06. The van der Waals surface area contributed by atoms with Crippen LogP contribution in [0.25, 0.3) is 11.1 Å².